The Balaban J connectivity index is 1.57. The van der Waals surface area contributed by atoms with Gasteiger partial charge >= 0.3 is 5.97 Å². The number of benzene rings is 1. The summed E-state index contributed by atoms with van der Waals surface area (Å²) in [7, 11) is 0. The van der Waals surface area contributed by atoms with Gasteiger partial charge in [0.15, 0.2) is 0 Å². The Hall–Kier alpha value is -2.34. The number of carbonyl (C=O) groups is 2. The number of ether oxygens (including phenoxy) is 1. The molecule has 1 aromatic heterocycles. The number of likely N-dealkylation sites (tertiary alicyclic amines) is 1. The molecule has 0 saturated carbocycles. The fraction of sp³-hybridized carbons (Fsp3) is 0.368. The molecule has 1 aromatic carbocycles. The van der Waals surface area contributed by atoms with Gasteiger partial charge in [0.05, 0.1) is 0 Å². The van der Waals surface area contributed by atoms with Crippen LogP contribution in [0.15, 0.2) is 41.8 Å². The van der Waals surface area contributed by atoms with Crippen LogP contribution in [0.1, 0.15) is 34.5 Å². The van der Waals surface area contributed by atoms with Crippen molar-refractivity contribution in [2.75, 3.05) is 13.1 Å². The van der Waals surface area contributed by atoms with Crippen molar-refractivity contribution in [3.8, 4) is 5.75 Å². The molecule has 6 heteroatoms. The largest absolute Gasteiger partial charge is 0.488 e. The van der Waals surface area contributed by atoms with Gasteiger partial charge < -0.3 is 14.7 Å². The van der Waals surface area contributed by atoms with Crippen LogP contribution in [0.3, 0.4) is 0 Å². The van der Waals surface area contributed by atoms with Crippen LogP contribution in [0, 0.1) is 5.92 Å². The Morgan fingerprint density at radius 3 is 2.68 bits per heavy atom. The summed E-state index contributed by atoms with van der Waals surface area (Å²) in [5, 5.41) is 10.9. The highest BCUT2D eigenvalue weighted by Gasteiger charge is 2.25. The van der Waals surface area contributed by atoms with Crippen molar-refractivity contribution in [2.24, 2.45) is 5.92 Å². The summed E-state index contributed by atoms with van der Waals surface area (Å²) in [5.41, 5.74) is 0.611. The molecular formula is C19H21NO4S. The molecule has 3 rings (SSSR count). The number of carbonyl (C=O) groups excluding carboxylic acids is 1. The van der Waals surface area contributed by atoms with Crippen LogP contribution < -0.4 is 4.74 Å². The van der Waals surface area contributed by atoms with Gasteiger partial charge in [0.25, 0.3) is 5.91 Å². The molecule has 25 heavy (non-hydrogen) atoms. The van der Waals surface area contributed by atoms with Gasteiger partial charge in [0.1, 0.15) is 12.4 Å². The number of hydrogen-bond donors (Lipinski definition) is 1. The predicted molar refractivity (Wildman–Crippen MR) is 96.0 cm³/mol. The van der Waals surface area contributed by atoms with Gasteiger partial charge in [-0.1, -0.05) is 12.1 Å². The van der Waals surface area contributed by atoms with Crippen LogP contribution >= 0.6 is 11.3 Å². The molecule has 1 aliphatic heterocycles. The zero-order valence-corrected chi connectivity index (χ0v) is 14.7. The van der Waals surface area contributed by atoms with Crippen LogP contribution in [0.2, 0.25) is 0 Å². The number of amides is 1. The van der Waals surface area contributed by atoms with Gasteiger partial charge in [-0.05, 0) is 48.4 Å². The van der Waals surface area contributed by atoms with Crippen molar-refractivity contribution in [1.29, 1.82) is 0 Å². The summed E-state index contributed by atoms with van der Waals surface area (Å²) in [6.07, 6.45) is 1.67. The number of carboxylic acid groups (broad SMARTS) is 1. The van der Waals surface area contributed by atoms with Gasteiger partial charge in [-0.25, -0.2) is 0 Å². The van der Waals surface area contributed by atoms with Gasteiger partial charge in [0, 0.05) is 30.0 Å². The zero-order chi connectivity index (χ0) is 17.6. The van der Waals surface area contributed by atoms with E-state index in [0.29, 0.717) is 31.0 Å². The van der Waals surface area contributed by atoms with Gasteiger partial charge in [-0.3, -0.25) is 9.59 Å². The number of nitrogens with zero attached hydrogens (tertiary/aromatic N) is 1. The standard InChI is InChI=1S/C19H21NO4S/c21-18(22)11-14-6-8-20(9-7-14)19(23)15-3-1-4-16(12-15)24-13-17-5-2-10-25-17/h1-5,10,12,14H,6-9,11,13H2,(H,21,22). The van der Waals surface area contributed by atoms with E-state index in [0.717, 1.165) is 17.7 Å². The maximum absolute atomic E-state index is 12.7. The number of hydrogen-bond acceptors (Lipinski definition) is 4. The van der Waals surface area contributed by atoms with Gasteiger partial charge in [0.2, 0.25) is 0 Å². The van der Waals surface area contributed by atoms with E-state index in [-0.39, 0.29) is 18.2 Å². The highest BCUT2D eigenvalue weighted by atomic mass is 32.1. The zero-order valence-electron chi connectivity index (χ0n) is 13.9. The van der Waals surface area contributed by atoms with Crippen LogP contribution in [0.5, 0.6) is 5.75 Å². The molecule has 0 atom stereocenters. The van der Waals surface area contributed by atoms with Crippen molar-refractivity contribution in [3.05, 3.63) is 52.2 Å². The Kier molecular flexibility index (Phi) is 5.71. The molecule has 0 bridgehead atoms. The van der Waals surface area contributed by atoms with E-state index in [9.17, 15) is 9.59 Å². The Labute approximate surface area is 150 Å². The number of piperidine rings is 1. The molecular weight excluding hydrogens is 338 g/mol. The van der Waals surface area contributed by atoms with Crippen molar-refractivity contribution in [3.63, 3.8) is 0 Å². The maximum atomic E-state index is 12.7. The molecule has 132 valence electrons. The molecule has 5 nitrogen and oxygen atoms in total. The second-order valence-electron chi connectivity index (χ2n) is 6.23. The van der Waals surface area contributed by atoms with Crippen molar-refractivity contribution in [2.45, 2.75) is 25.9 Å². The maximum Gasteiger partial charge on any atom is 0.303 e. The lowest BCUT2D eigenvalue weighted by Gasteiger charge is -2.31. The second kappa shape index (κ2) is 8.16. The first kappa shape index (κ1) is 17.5. The van der Waals surface area contributed by atoms with E-state index >= 15 is 0 Å². The van der Waals surface area contributed by atoms with E-state index in [1.54, 1.807) is 28.4 Å². The summed E-state index contributed by atoms with van der Waals surface area (Å²) in [5.74, 6) is 0.0674. The SMILES string of the molecule is O=C(O)CC1CCN(C(=O)c2cccc(OCc3cccs3)c2)CC1. The molecule has 1 aliphatic rings. The smallest absolute Gasteiger partial charge is 0.303 e. The first-order valence-corrected chi connectivity index (χ1v) is 9.26. The third kappa shape index (κ3) is 4.82. The average Bonchev–Trinajstić information content (AvgIpc) is 3.13. The van der Waals surface area contributed by atoms with Crippen LogP contribution in [-0.2, 0) is 11.4 Å². The molecule has 2 heterocycles. The third-order valence-corrected chi connectivity index (χ3v) is 5.26. The van der Waals surface area contributed by atoms with Gasteiger partial charge in [-0.15, -0.1) is 11.3 Å². The average molecular weight is 359 g/mol. The lowest BCUT2D eigenvalue weighted by molar-refractivity contribution is -0.138. The first-order chi connectivity index (χ1) is 12.1. The summed E-state index contributed by atoms with van der Waals surface area (Å²) in [4.78, 5) is 26.4. The summed E-state index contributed by atoms with van der Waals surface area (Å²) < 4.78 is 5.76. The molecule has 2 aromatic rings. The summed E-state index contributed by atoms with van der Waals surface area (Å²) in [6, 6.07) is 11.2. The van der Waals surface area contributed by atoms with Crippen LogP contribution in [0.25, 0.3) is 0 Å². The minimum atomic E-state index is -0.764. The molecule has 1 amide bonds. The molecule has 0 radical (unpaired) electrons. The van der Waals surface area contributed by atoms with Crippen LogP contribution in [-0.4, -0.2) is 35.0 Å². The fourth-order valence-corrected chi connectivity index (χ4v) is 3.65. The predicted octanol–water partition coefficient (Wildman–Crippen LogP) is 3.65. The number of thiophene rings is 1. The monoisotopic (exact) mass is 359 g/mol. The first-order valence-electron chi connectivity index (χ1n) is 8.38. The van der Waals surface area contributed by atoms with Gasteiger partial charge in [-0.2, -0.15) is 0 Å². The number of rotatable bonds is 6. The van der Waals surface area contributed by atoms with E-state index < -0.39 is 5.97 Å². The minimum Gasteiger partial charge on any atom is -0.488 e. The van der Waals surface area contributed by atoms with Crippen molar-refractivity contribution >= 4 is 23.2 Å². The highest BCUT2D eigenvalue weighted by Crippen LogP contribution is 2.23. The number of aliphatic carboxylic acids is 1. The Morgan fingerprint density at radius 1 is 1.20 bits per heavy atom. The third-order valence-electron chi connectivity index (χ3n) is 4.41. The fourth-order valence-electron chi connectivity index (χ4n) is 3.04. The normalized spacial score (nSPS) is 15.1. The molecule has 0 spiro atoms. The van der Waals surface area contributed by atoms with E-state index in [1.165, 1.54) is 0 Å². The highest BCUT2D eigenvalue weighted by molar-refractivity contribution is 7.09. The number of carboxylic acids is 1. The lowest BCUT2D eigenvalue weighted by atomic mass is 9.93. The summed E-state index contributed by atoms with van der Waals surface area (Å²) >= 11 is 1.64. The van der Waals surface area contributed by atoms with Crippen molar-refractivity contribution in [1.82, 2.24) is 4.90 Å². The Morgan fingerprint density at radius 2 is 2.00 bits per heavy atom. The lowest BCUT2D eigenvalue weighted by Crippen LogP contribution is -2.38. The van der Waals surface area contributed by atoms with E-state index in [2.05, 4.69) is 0 Å². The quantitative estimate of drug-likeness (QED) is 0.855. The van der Waals surface area contributed by atoms with E-state index in [1.807, 2.05) is 29.6 Å². The molecule has 0 unspecified atom stereocenters. The molecule has 1 fully saturated rings. The molecule has 1 saturated heterocycles. The minimum absolute atomic E-state index is 0.0182. The molecule has 1 N–H and O–H groups in total. The van der Waals surface area contributed by atoms with Crippen LogP contribution in [0.4, 0.5) is 0 Å². The second-order valence-corrected chi connectivity index (χ2v) is 7.26. The topological polar surface area (TPSA) is 66.8 Å². The van der Waals surface area contributed by atoms with Crippen molar-refractivity contribution < 1.29 is 19.4 Å². The summed E-state index contributed by atoms with van der Waals surface area (Å²) in [6.45, 7) is 1.71. The molecule has 0 aliphatic carbocycles. The Bertz CT molecular complexity index is 721. The van der Waals surface area contributed by atoms with E-state index in [4.69, 9.17) is 9.84 Å².